The smallest absolute Gasteiger partial charge is 0.418 e. The summed E-state index contributed by atoms with van der Waals surface area (Å²) in [6.07, 6.45) is -1.74. The Bertz CT molecular complexity index is 1280. The van der Waals surface area contributed by atoms with Gasteiger partial charge in [0.1, 0.15) is 12.1 Å². The number of nitrogens with one attached hydrogen (secondary N) is 1. The summed E-state index contributed by atoms with van der Waals surface area (Å²) in [5.41, 5.74) is 0.301. The number of anilines is 1. The summed E-state index contributed by atoms with van der Waals surface area (Å²) in [5, 5.41) is 2.11. The number of esters is 1. The molecule has 0 saturated heterocycles. The van der Waals surface area contributed by atoms with Crippen molar-refractivity contribution in [1.29, 1.82) is 0 Å². The van der Waals surface area contributed by atoms with Crippen LogP contribution in [0.3, 0.4) is 0 Å². The molecule has 0 atom stereocenters. The second-order valence-corrected chi connectivity index (χ2v) is 6.68. The third-order valence-corrected chi connectivity index (χ3v) is 4.52. The molecule has 0 unspecified atom stereocenters. The molecule has 7 nitrogen and oxygen atoms in total. The molecule has 1 N–H and O–H groups in total. The summed E-state index contributed by atoms with van der Waals surface area (Å²) in [7, 11) is 0. The van der Waals surface area contributed by atoms with E-state index < -0.39 is 35.9 Å². The van der Waals surface area contributed by atoms with Gasteiger partial charge in [0.15, 0.2) is 6.61 Å². The van der Waals surface area contributed by atoms with Crippen LogP contribution in [0.2, 0.25) is 0 Å². The van der Waals surface area contributed by atoms with Crippen LogP contribution in [0.1, 0.15) is 15.9 Å². The van der Waals surface area contributed by atoms with Crippen molar-refractivity contribution >= 4 is 28.6 Å². The third kappa shape index (κ3) is 4.43. The van der Waals surface area contributed by atoms with E-state index in [1.807, 2.05) is 24.3 Å². The lowest BCUT2D eigenvalue weighted by atomic mass is 10.1. The number of hydrogen-bond donors (Lipinski definition) is 1. The number of alkyl halides is 3. The molecule has 4 aromatic rings. The van der Waals surface area contributed by atoms with E-state index in [4.69, 9.17) is 4.74 Å². The van der Waals surface area contributed by atoms with Gasteiger partial charge in [-0.15, -0.1) is 0 Å². The summed E-state index contributed by atoms with van der Waals surface area (Å²) < 4.78 is 45.7. The normalized spacial score (nSPS) is 11.3. The molecule has 2 aromatic heterocycles. The molecule has 0 spiro atoms. The van der Waals surface area contributed by atoms with Gasteiger partial charge in [-0.2, -0.15) is 13.2 Å². The molecular weight excluding hydrogens is 425 g/mol. The Hall–Kier alpha value is -4.21. The first-order chi connectivity index (χ1) is 15.3. The standard InChI is InChI=1S/C22H15F3N4O3/c23-22(24,25)15-5-1-2-6-16(15)28-20(30)12-32-21(31)14-9-10-19(26-11-14)29-13-27-17-7-3-4-8-18(17)29/h1-11,13H,12H2,(H,28,30). The molecule has 0 aliphatic rings. The Morgan fingerprint density at radius 2 is 1.72 bits per heavy atom. The van der Waals surface area contributed by atoms with Gasteiger partial charge in [0.25, 0.3) is 5.91 Å². The highest BCUT2D eigenvalue weighted by Crippen LogP contribution is 2.34. The van der Waals surface area contributed by atoms with Crippen molar-refractivity contribution in [2.75, 3.05) is 11.9 Å². The van der Waals surface area contributed by atoms with E-state index in [2.05, 4.69) is 15.3 Å². The largest absolute Gasteiger partial charge is 0.452 e. The van der Waals surface area contributed by atoms with Crippen molar-refractivity contribution in [3.63, 3.8) is 0 Å². The first-order valence-corrected chi connectivity index (χ1v) is 9.34. The SMILES string of the molecule is O=C(COC(=O)c1ccc(-n2cnc3ccccc32)nc1)Nc1ccccc1C(F)(F)F. The monoisotopic (exact) mass is 440 g/mol. The maximum atomic E-state index is 13.0. The molecule has 10 heteroatoms. The van der Waals surface area contributed by atoms with Gasteiger partial charge in [0.2, 0.25) is 0 Å². The minimum absolute atomic E-state index is 0.0849. The molecule has 32 heavy (non-hydrogen) atoms. The third-order valence-electron chi connectivity index (χ3n) is 4.52. The molecule has 1 amide bonds. The van der Waals surface area contributed by atoms with E-state index in [0.29, 0.717) is 5.82 Å². The number of rotatable bonds is 5. The summed E-state index contributed by atoms with van der Waals surface area (Å²) in [5.74, 6) is -1.21. The second-order valence-electron chi connectivity index (χ2n) is 6.68. The average Bonchev–Trinajstić information content (AvgIpc) is 3.21. The van der Waals surface area contributed by atoms with E-state index in [1.54, 1.807) is 17.0 Å². The number of carbonyl (C=O) groups is 2. The van der Waals surface area contributed by atoms with Gasteiger partial charge in [-0.25, -0.2) is 14.8 Å². The van der Waals surface area contributed by atoms with Crippen LogP contribution >= 0.6 is 0 Å². The maximum absolute atomic E-state index is 13.0. The predicted octanol–water partition coefficient (Wildman–Crippen LogP) is 4.23. The summed E-state index contributed by atoms with van der Waals surface area (Å²) in [6, 6.07) is 15.0. The number of carbonyl (C=O) groups excluding carboxylic acids is 2. The summed E-state index contributed by atoms with van der Waals surface area (Å²) >= 11 is 0. The maximum Gasteiger partial charge on any atom is 0.418 e. The first-order valence-electron chi connectivity index (χ1n) is 9.34. The Morgan fingerprint density at radius 3 is 2.47 bits per heavy atom. The topological polar surface area (TPSA) is 86.1 Å². The first kappa shape index (κ1) is 21.0. The van der Waals surface area contributed by atoms with Crippen molar-refractivity contribution < 1.29 is 27.5 Å². The van der Waals surface area contributed by atoms with E-state index in [9.17, 15) is 22.8 Å². The fourth-order valence-corrected chi connectivity index (χ4v) is 3.03. The molecule has 0 bridgehead atoms. The lowest BCUT2D eigenvalue weighted by molar-refractivity contribution is -0.137. The number of aromatic nitrogens is 3. The van der Waals surface area contributed by atoms with Crippen molar-refractivity contribution in [3.05, 3.63) is 84.3 Å². The Balaban J connectivity index is 1.39. The van der Waals surface area contributed by atoms with Crippen molar-refractivity contribution in [3.8, 4) is 5.82 Å². The number of fused-ring (bicyclic) bond motifs is 1. The fraction of sp³-hybridized carbons (Fsp3) is 0.0909. The number of nitrogens with zero attached hydrogens (tertiary/aromatic N) is 3. The highest BCUT2D eigenvalue weighted by Gasteiger charge is 2.33. The van der Waals surface area contributed by atoms with E-state index >= 15 is 0 Å². The Labute approximate surface area is 179 Å². The van der Waals surface area contributed by atoms with Gasteiger partial charge in [-0.3, -0.25) is 9.36 Å². The highest BCUT2D eigenvalue weighted by atomic mass is 19.4. The van der Waals surface area contributed by atoms with Crippen LogP contribution in [0.15, 0.2) is 73.2 Å². The van der Waals surface area contributed by atoms with Gasteiger partial charge in [0.05, 0.1) is 27.8 Å². The number of imidazole rings is 1. The molecule has 4 rings (SSSR count). The number of pyridine rings is 1. The van der Waals surface area contributed by atoms with Gasteiger partial charge >= 0.3 is 12.1 Å². The molecule has 2 heterocycles. The van der Waals surface area contributed by atoms with Crippen LogP contribution < -0.4 is 5.32 Å². The van der Waals surface area contributed by atoms with Gasteiger partial charge < -0.3 is 10.1 Å². The molecule has 0 fully saturated rings. The zero-order valence-electron chi connectivity index (χ0n) is 16.3. The van der Waals surface area contributed by atoms with E-state index in [1.165, 1.54) is 24.4 Å². The quantitative estimate of drug-likeness (QED) is 0.470. The Morgan fingerprint density at radius 1 is 0.969 bits per heavy atom. The van der Waals surface area contributed by atoms with Crippen molar-refractivity contribution in [1.82, 2.24) is 14.5 Å². The van der Waals surface area contributed by atoms with Crippen LogP contribution in [0.25, 0.3) is 16.9 Å². The lowest BCUT2D eigenvalue weighted by Gasteiger charge is -2.13. The fourth-order valence-electron chi connectivity index (χ4n) is 3.03. The molecule has 0 aliphatic heterocycles. The minimum Gasteiger partial charge on any atom is -0.452 e. The van der Waals surface area contributed by atoms with Gasteiger partial charge in [-0.05, 0) is 36.4 Å². The number of amides is 1. The molecule has 0 saturated carbocycles. The Kier molecular flexibility index (Phi) is 5.59. The van der Waals surface area contributed by atoms with E-state index in [-0.39, 0.29) is 5.56 Å². The average molecular weight is 440 g/mol. The van der Waals surface area contributed by atoms with Crippen LogP contribution in [0.5, 0.6) is 0 Å². The molecule has 0 radical (unpaired) electrons. The van der Waals surface area contributed by atoms with Crippen LogP contribution in [0, 0.1) is 0 Å². The number of para-hydroxylation sites is 3. The number of hydrogen-bond acceptors (Lipinski definition) is 5. The number of benzene rings is 2. The lowest BCUT2D eigenvalue weighted by Crippen LogP contribution is -2.22. The van der Waals surface area contributed by atoms with Gasteiger partial charge in [-0.1, -0.05) is 24.3 Å². The number of ether oxygens (including phenoxy) is 1. The zero-order chi connectivity index (χ0) is 22.7. The molecule has 2 aromatic carbocycles. The second kappa shape index (κ2) is 8.50. The molecule has 162 valence electrons. The molecular formula is C22H15F3N4O3. The zero-order valence-corrected chi connectivity index (χ0v) is 16.3. The van der Waals surface area contributed by atoms with Crippen molar-refractivity contribution in [2.45, 2.75) is 6.18 Å². The number of halogens is 3. The van der Waals surface area contributed by atoms with Crippen molar-refractivity contribution in [2.24, 2.45) is 0 Å². The highest BCUT2D eigenvalue weighted by molar-refractivity contribution is 5.96. The van der Waals surface area contributed by atoms with Gasteiger partial charge in [0, 0.05) is 6.20 Å². The summed E-state index contributed by atoms with van der Waals surface area (Å²) in [6.45, 7) is -0.751. The molecule has 0 aliphatic carbocycles. The summed E-state index contributed by atoms with van der Waals surface area (Å²) in [4.78, 5) is 32.7. The minimum atomic E-state index is -4.63. The van der Waals surface area contributed by atoms with Crippen LogP contribution in [0.4, 0.5) is 18.9 Å². The predicted molar refractivity (Wildman–Crippen MR) is 109 cm³/mol. The van der Waals surface area contributed by atoms with Crippen LogP contribution in [-0.4, -0.2) is 33.0 Å². The van der Waals surface area contributed by atoms with E-state index in [0.717, 1.165) is 23.2 Å². The van der Waals surface area contributed by atoms with Crippen LogP contribution in [-0.2, 0) is 15.7 Å².